The summed E-state index contributed by atoms with van der Waals surface area (Å²) in [4.78, 5) is 24.7. The molecule has 1 fully saturated rings. The average Bonchev–Trinajstić information content (AvgIpc) is 3.43. The minimum atomic E-state index is -0.846. The lowest BCUT2D eigenvalue weighted by Crippen LogP contribution is -2.50. The van der Waals surface area contributed by atoms with Gasteiger partial charge in [-0.3, -0.25) is 20.4 Å². The first-order chi connectivity index (χ1) is 12.4. The Labute approximate surface area is 159 Å². The lowest BCUT2D eigenvalue weighted by atomic mass is 9.95. The summed E-state index contributed by atoms with van der Waals surface area (Å²) in [6, 6.07) is 13.0. The molecule has 1 aliphatic rings. The van der Waals surface area contributed by atoms with E-state index in [9.17, 15) is 14.0 Å². The number of ether oxygens (including phenoxy) is 1. The second kappa shape index (κ2) is 7.45. The summed E-state index contributed by atoms with van der Waals surface area (Å²) >= 11 is 3.41. The molecule has 1 saturated carbocycles. The standard InChI is InChI=1S/C19H18BrFN2O3/c1-12(26-16-7-5-15(21)6-8-16)17(24)22-23-18(25)19(9-10-19)13-3-2-4-14(20)11-13/h2-8,11-12H,9-10H2,1H3,(H,22,24)(H,23,25). The molecule has 1 unspecified atom stereocenters. The lowest BCUT2D eigenvalue weighted by molar-refractivity contribution is -0.133. The Hall–Kier alpha value is -2.41. The van der Waals surface area contributed by atoms with Crippen LogP contribution in [0.4, 0.5) is 4.39 Å². The number of benzene rings is 2. The Morgan fingerprint density at radius 1 is 1.15 bits per heavy atom. The van der Waals surface area contributed by atoms with Crippen molar-refractivity contribution in [1.82, 2.24) is 10.9 Å². The van der Waals surface area contributed by atoms with Gasteiger partial charge in [-0.15, -0.1) is 0 Å². The van der Waals surface area contributed by atoms with Crippen LogP contribution in [0.25, 0.3) is 0 Å². The van der Waals surface area contributed by atoms with Gasteiger partial charge in [0.15, 0.2) is 6.10 Å². The van der Waals surface area contributed by atoms with E-state index < -0.39 is 17.4 Å². The monoisotopic (exact) mass is 420 g/mol. The highest BCUT2D eigenvalue weighted by atomic mass is 79.9. The molecular formula is C19H18BrFN2O3. The maximum atomic E-state index is 12.9. The van der Waals surface area contributed by atoms with Crippen LogP contribution in [-0.4, -0.2) is 17.9 Å². The quantitative estimate of drug-likeness (QED) is 0.729. The summed E-state index contributed by atoms with van der Waals surface area (Å²) in [5, 5.41) is 0. The summed E-state index contributed by atoms with van der Waals surface area (Å²) in [6.45, 7) is 1.55. The topological polar surface area (TPSA) is 67.4 Å². The van der Waals surface area contributed by atoms with E-state index in [0.717, 1.165) is 22.9 Å². The van der Waals surface area contributed by atoms with Crippen molar-refractivity contribution in [1.29, 1.82) is 0 Å². The van der Waals surface area contributed by atoms with E-state index in [1.165, 1.54) is 24.3 Å². The molecule has 0 heterocycles. The van der Waals surface area contributed by atoms with Gasteiger partial charge in [0.25, 0.3) is 5.91 Å². The molecule has 0 bridgehead atoms. The Morgan fingerprint density at radius 3 is 2.46 bits per heavy atom. The minimum Gasteiger partial charge on any atom is -0.481 e. The zero-order chi connectivity index (χ0) is 18.7. The molecule has 0 aliphatic heterocycles. The molecule has 5 nitrogen and oxygen atoms in total. The van der Waals surface area contributed by atoms with Crippen molar-refractivity contribution in [2.75, 3.05) is 0 Å². The van der Waals surface area contributed by atoms with Crippen molar-refractivity contribution in [3.8, 4) is 5.75 Å². The first-order valence-electron chi connectivity index (χ1n) is 8.19. The van der Waals surface area contributed by atoms with Gasteiger partial charge in [0, 0.05) is 4.47 Å². The largest absolute Gasteiger partial charge is 0.481 e. The van der Waals surface area contributed by atoms with E-state index >= 15 is 0 Å². The average molecular weight is 421 g/mol. The molecule has 2 amide bonds. The highest BCUT2D eigenvalue weighted by Crippen LogP contribution is 2.48. The van der Waals surface area contributed by atoms with Gasteiger partial charge in [0.05, 0.1) is 5.41 Å². The van der Waals surface area contributed by atoms with Crippen molar-refractivity contribution < 1.29 is 18.7 Å². The van der Waals surface area contributed by atoms with Gasteiger partial charge in [-0.2, -0.15) is 0 Å². The van der Waals surface area contributed by atoms with Crippen LogP contribution in [0.15, 0.2) is 53.0 Å². The third-order valence-electron chi connectivity index (χ3n) is 4.36. The van der Waals surface area contributed by atoms with E-state index in [4.69, 9.17) is 4.74 Å². The number of hydrogen-bond acceptors (Lipinski definition) is 3. The number of hydrogen-bond donors (Lipinski definition) is 2. The predicted molar refractivity (Wildman–Crippen MR) is 97.8 cm³/mol. The highest BCUT2D eigenvalue weighted by Gasteiger charge is 2.51. The molecule has 0 radical (unpaired) electrons. The van der Waals surface area contributed by atoms with Gasteiger partial charge in [-0.05, 0) is 61.7 Å². The second-order valence-corrected chi connectivity index (χ2v) is 7.17. The van der Waals surface area contributed by atoms with Crippen LogP contribution in [0, 0.1) is 5.82 Å². The van der Waals surface area contributed by atoms with Crippen LogP contribution in [0.1, 0.15) is 25.3 Å². The number of rotatable bonds is 5. The first kappa shape index (κ1) is 18.4. The van der Waals surface area contributed by atoms with Gasteiger partial charge in [0.1, 0.15) is 11.6 Å². The van der Waals surface area contributed by atoms with Crippen LogP contribution in [0.3, 0.4) is 0 Å². The molecule has 136 valence electrons. The van der Waals surface area contributed by atoms with Crippen molar-refractivity contribution in [3.05, 3.63) is 64.4 Å². The summed E-state index contributed by atoms with van der Waals surface area (Å²) in [5.41, 5.74) is 5.19. The number of nitrogens with one attached hydrogen (secondary N) is 2. The number of hydrazine groups is 1. The van der Waals surface area contributed by atoms with Crippen LogP contribution in [0.5, 0.6) is 5.75 Å². The molecular weight excluding hydrogens is 403 g/mol. The summed E-state index contributed by atoms with van der Waals surface area (Å²) in [7, 11) is 0. The first-order valence-corrected chi connectivity index (χ1v) is 8.98. The molecule has 3 rings (SSSR count). The van der Waals surface area contributed by atoms with E-state index in [-0.39, 0.29) is 11.7 Å². The number of carbonyl (C=O) groups is 2. The fraction of sp³-hybridized carbons (Fsp3) is 0.263. The molecule has 1 aliphatic carbocycles. The molecule has 2 N–H and O–H groups in total. The van der Waals surface area contributed by atoms with E-state index in [0.29, 0.717) is 5.75 Å². The van der Waals surface area contributed by atoms with Crippen LogP contribution in [-0.2, 0) is 15.0 Å². The third-order valence-corrected chi connectivity index (χ3v) is 4.85. The summed E-state index contributed by atoms with van der Waals surface area (Å²) < 4.78 is 19.2. The second-order valence-electron chi connectivity index (χ2n) is 6.25. The van der Waals surface area contributed by atoms with E-state index in [1.807, 2.05) is 24.3 Å². The fourth-order valence-corrected chi connectivity index (χ4v) is 3.07. The van der Waals surface area contributed by atoms with Crippen molar-refractivity contribution in [3.63, 3.8) is 0 Å². The SMILES string of the molecule is CC(Oc1ccc(F)cc1)C(=O)NNC(=O)C1(c2cccc(Br)c2)CC1. The molecule has 7 heteroatoms. The molecule has 2 aromatic rings. The van der Waals surface area contributed by atoms with Gasteiger partial charge >= 0.3 is 0 Å². The van der Waals surface area contributed by atoms with Crippen molar-refractivity contribution >= 4 is 27.7 Å². The Bertz CT molecular complexity index is 822. The molecule has 0 saturated heterocycles. The Kier molecular flexibility index (Phi) is 5.27. The molecule has 0 spiro atoms. The van der Waals surface area contributed by atoms with E-state index in [1.54, 1.807) is 6.92 Å². The Morgan fingerprint density at radius 2 is 1.85 bits per heavy atom. The molecule has 1 atom stereocenters. The smallest absolute Gasteiger partial charge is 0.279 e. The predicted octanol–water partition coefficient (Wildman–Crippen LogP) is 3.23. The van der Waals surface area contributed by atoms with Crippen molar-refractivity contribution in [2.24, 2.45) is 0 Å². The Balaban J connectivity index is 1.55. The van der Waals surface area contributed by atoms with Gasteiger partial charge in [0.2, 0.25) is 5.91 Å². The van der Waals surface area contributed by atoms with Gasteiger partial charge in [-0.1, -0.05) is 28.1 Å². The maximum absolute atomic E-state index is 12.9. The number of carbonyl (C=O) groups excluding carboxylic acids is 2. The summed E-state index contributed by atoms with van der Waals surface area (Å²) in [5.74, 6) is -0.761. The zero-order valence-electron chi connectivity index (χ0n) is 14.1. The molecule has 26 heavy (non-hydrogen) atoms. The summed E-state index contributed by atoms with van der Waals surface area (Å²) in [6.07, 6.45) is 0.612. The maximum Gasteiger partial charge on any atom is 0.279 e. The molecule has 2 aromatic carbocycles. The van der Waals surface area contributed by atoms with Crippen LogP contribution < -0.4 is 15.6 Å². The van der Waals surface area contributed by atoms with Crippen LogP contribution in [0.2, 0.25) is 0 Å². The van der Waals surface area contributed by atoms with Crippen molar-refractivity contribution in [2.45, 2.75) is 31.3 Å². The van der Waals surface area contributed by atoms with Gasteiger partial charge in [-0.25, -0.2) is 4.39 Å². The number of halogens is 2. The minimum absolute atomic E-state index is 0.252. The fourth-order valence-electron chi connectivity index (χ4n) is 2.67. The van der Waals surface area contributed by atoms with Gasteiger partial charge < -0.3 is 4.74 Å². The number of amides is 2. The normalized spacial score (nSPS) is 15.7. The highest BCUT2D eigenvalue weighted by molar-refractivity contribution is 9.10. The lowest BCUT2D eigenvalue weighted by Gasteiger charge is -2.19. The third kappa shape index (κ3) is 4.04. The molecule has 0 aromatic heterocycles. The zero-order valence-corrected chi connectivity index (χ0v) is 15.7. The van der Waals surface area contributed by atoms with Crippen LogP contribution >= 0.6 is 15.9 Å². The van der Waals surface area contributed by atoms with E-state index in [2.05, 4.69) is 26.8 Å².